The van der Waals surface area contributed by atoms with Gasteiger partial charge in [0, 0.05) is 31.7 Å². The van der Waals surface area contributed by atoms with E-state index in [0.717, 1.165) is 22.6 Å². The van der Waals surface area contributed by atoms with Gasteiger partial charge in [-0.25, -0.2) is 4.98 Å². The van der Waals surface area contributed by atoms with Gasteiger partial charge in [0.15, 0.2) is 5.96 Å². The molecule has 0 unspecified atom stereocenters. The van der Waals surface area contributed by atoms with Gasteiger partial charge in [0.05, 0.1) is 19.3 Å². The molecule has 1 aromatic heterocycles. The molecule has 0 aliphatic rings. The fourth-order valence-corrected chi connectivity index (χ4v) is 2.47. The summed E-state index contributed by atoms with van der Waals surface area (Å²) in [4.78, 5) is 8.59. The predicted molar refractivity (Wildman–Crippen MR) is 111 cm³/mol. The second kappa shape index (κ2) is 10.1. The van der Waals surface area contributed by atoms with Crippen molar-refractivity contribution in [1.29, 1.82) is 0 Å². The van der Waals surface area contributed by atoms with Gasteiger partial charge in [-0.05, 0) is 18.6 Å². The number of hydrogen-bond acceptors (Lipinski definition) is 5. The molecule has 0 atom stereocenters. The molecule has 0 spiro atoms. The quantitative estimate of drug-likeness (QED) is 0.411. The lowest BCUT2D eigenvalue weighted by molar-refractivity contribution is 0.145. The van der Waals surface area contributed by atoms with Crippen LogP contribution in [0.4, 0.5) is 0 Å². The largest absolute Gasteiger partial charge is 0.491 e. The second-order valence-corrected chi connectivity index (χ2v) is 7.60. The number of aliphatic imine (C=N–C) groups is 1. The molecule has 154 valence electrons. The minimum Gasteiger partial charge on any atom is -0.491 e. The standard InChI is InChI=1S/C21H32N4O3/c1-15-7-8-16(17(11-15)27-10-9-26-6)12-24-20(22-5)25-14-19-23-13-18(28-19)21(2,3)4/h7-8,11,13H,9-10,12,14H2,1-6H3,(H2,22,24,25). The molecule has 1 aromatic carbocycles. The van der Waals surface area contributed by atoms with E-state index in [9.17, 15) is 0 Å². The van der Waals surface area contributed by atoms with E-state index < -0.39 is 0 Å². The van der Waals surface area contributed by atoms with Crippen LogP contribution >= 0.6 is 0 Å². The van der Waals surface area contributed by atoms with Crippen LogP contribution in [0.5, 0.6) is 5.75 Å². The third-order valence-corrected chi connectivity index (χ3v) is 4.14. The summed E-state index contributed by atoms with van der Waals surface area (Å²) in [5.74, 6) is 3.01. The smallest absolute Gasteiger partial charge is 0.213 e. The van der Waals surface area contributed by atoms with E-state index >= 15 is 0 Å². The molecule has 0 aliphatic heterocycles. The predicted octanol–water partition coefficient (Wildman–Crippen LogP) is 3.17. The molecule has 0 fully saturated rings. The zero-order valence-electron chi connectivity index (χ0n) is 17.8. The fourth-order valence-electron chi connectivity index (χ4n) is 2.47. The first-order chi connectivity index (χ1) is 13.3. The fraction of sp³-hybridized carbons (Fsp3) is 0.524. The van der Waals surface area contributed by atoms with Gasteiger partial charge in [-0.15, -0.1) is 0 Å². The lowest BCUT2D eigenvalue weighted by atomic mass is 9.94. The Balaban J connectivity index is 1.92. The van der Waals surface area contributed by atoms with Gasteiger partial charge in [0.1, 0.15) is 18.1 Å². The first kappa shape index (κ1) is 21.8. The number of oxazole rings is 1. The molecule has 0 amide bonds. The van der Waals surface area contributed by atoms with E-state index in [0.29, 0.717) is 38.2 Å². The monoisotopic (exact) mass is 388 g/mol. The maximum atomic E-state index is 5.84. The van der Waals surface area contributed by atoms with Gasteiger partial charge in [-0.1, -0.05) is 32.9 Å². The molecule has 1 heterocycles. The van der Waals surface area contributed by atoms with Crippen LogP contribution in [-0.4, -0.2) is 38.3 Å². The molecule has 7 nitrogen and oxygen atoms in total. The number of guanidine groups is 1. The van der Waals surface area contributed by atoms with Crippen molar-refractivity contribution in [3.8, 4) is 5.75 Å². The zero-order chi connectivity index (χ0) is 20.6. The Kier molecular flexibility index (Phi) is 7.87. The molecule has 2 aromatic rings. The van der Waals surface area contributed by atoms with E-state index in [2.05, 4.69) is 53.5 Å². The Morgan fingerprint density at radius 3 is 2.57 bits per heavy atom. The Morgan fingerprint density at radius 2 is 1.93 bits per heavy atom. The maximum absolute atomic E-state index is 5.84. The Labute approximate surface area is 167 Å². The summed E-state index contributed by atoms with van der Waals surface area (Å²) in [6.45, 7) is 10.4. The molecular weight excluding hydrogens is 356 g/mol. The van der Waals surface area contributed by atoms with Crippen molar-refractivity contribution in [1.82, 2.24) is 15.6 Å². The van der Waals surface area contributed by atoms with Crippen molar-refractivity contribution in [2.75, 3.05) is 27.4 Å². The van der Waals surface area contributed by atoms with Crippen molar-refractivity contribution < 1.29 is 13.9 Å². The van der Waals surface area contributed by atoms with E-state index in [4.69, 9.17) is 13.9 Å². The van der Waals surface area contributed by atoms with E-state index in [1.54, 1.807) is 20.4 Å². The van der Waals surface area contributed by atoms with E-state index in [1.165, 1.54) is 0 Å². The Hall–Kier alpha value is -2.54. The van der Waals surface area contributed by atoms with Crippen LogP contribution in [0.3, 0.4) is 0 Å². The molecule has 0 aliphatic carbocycles. The minimum atomic E-state index is -0.0597. The van der Waals surface area contributed by atoms with Gasteiger partial charge in [-0.3, -0.25) is 4.99 Å². The summed E-state index contributed by atoms with van der Waals surface area (Å²) in [6.07, 6.45) is 1.78. The highest BCUT2D eigenvalue weighted by Crippen LogP contribution is 2.22. The summed E-state index contributed by atoms with van der Waals surface area (Å²) >= 11 is 0. The number of aryl methyl sites for hydroxylation is 1. The molecule has 2 N–H and O–H groups in total. The first-order valence-electron chi connectivity index (χ1n) is 9.44. The van der Waals surface area contributed by atoms with Gasteiger partial charge in [-0.2, -0.15) is 0 Å². The van der Waals surface area contributed by atoms with Crippen LogP contribution in [0.15, 0.2) is 33.8 Å². The highest BCUT2D eigenvalue weighted by molar-refractivity contribution is 5.79. The molecule has 0 radical (unpaired) electrons. The van der Waals surface area contributed by atoms with Crippen molar-refractivity contribution in [3.63, 3.8) is 0 Å². The van der Waals surface area contributed by atoms with E-state index in [-0.39, 0.29) is 5.41 Å². The lowest BCUT2D eigenvalue weighted by Gasteiger charge is -2.15. The van der Waals surface area contributed by atoms with Gasteiger partial charge in [0.25, 0.3) is 0 Å². The summed E-state index contributed by atoms with van der Waals surface area (Å²) in [7, 11) is 3.40. The van der Waals surface area contributed by atoms with E-state index in [1.807, 2.05) is 13.0 Å². The number of rotatable bonds is 8. The molecule has 0 saturated carbocycles. The average molecular weight is 389 g/mol. The Morgan fingerprint density at radius 1 is 1.18 bits per heavy atom. The molecule has 0 bridgehead atoms. The topological polar surface area (TPSA) is 80.9 Å². The van der Waals surface area contributed by atoms with Crippen molar-refractivity contribution in [3.05, 3.63) is 47.2 Å². The Bertz CT molecular complexity index is 778. The SMILES string of the molecule is CN=C(NCc1ncc(C(C)(C)C)o1)NCc1ccc(C)cc1OCCOC. The number of benzene rings is 1. The first-order valence-corrected chi connectivity index (χ1v) is 9.44. The van der Waals surface area contributed by atoms with Crippen LogP contribution in [0.25, 0.3) is 0 Å². The molecular formula is C21H32N4O3. The second-order valence-electron chi connectivity index (χ2n) is 7.60. The van der Waals surface area contributed by atoms with Gasteiger partial charge < -0.3 is 24.5 Å². The van der Waals surface area contributed by atoms with Crippen LogP contribution in [0.2, 0.25) is 0 Å². The number of hydrogen-bond donors (Lipinski definition) is 2. The van der Waals surface area contributed by atoms with Crippen LogP contribution in [0.1, 0.15) is 43.5 Å². The number of ether oxygens (including phenoxy) is 2. The summed E-state index contributed by atoms with van der Waals surface area (Å²) < 4.78 is 16.7. The highest BCUT2D eigenvalue weighted by atomic mass is 16.5. The maximum Gasteiger partial charge on any atom is 0.213 e. The third kappa shape index (κ3) is 6.56. The average Bonchev–Trinajstić information content (AvgIpc) is 3.13. The van der Waals surface area contributed by atoms with Crippen LogP contribution in [0, 0.1) is 6.92 Å². The van der Waals surface area contributed by atoms with Crippen LogP contribution in [-0.2, 0) is 23.2 Å². The third-order valence-electron chi connectivity index (χ3n) is 4.14. The summed E-state index contributed by atoms with van der Waals surface area (Å²) in [6, 6.07) is 6.16. The number of methoxy groups -OCH3 is 1. The summed E-state index contributed by atoms with van der Waals surface area (Å²) in [5, 5.41) is 6.53. The number of nitrogens with one attached hydrogen (secondary N) is 2. The normalized spacial score (nSPS) is 12.1. The zero-order valence-corrected chi connectivity index (χ0v) is 17.8. The van der Waals surface area contributed by atoms with Gasteiger partial charge in [0.2, 0.25) is 5.89 Å². The number of aromatic nitrogens is 1. The van der Waals surface area contributed by atoms with Crippen molar-refractivity contribution in [2.24, 2.45) is 4.99 Å². The van der Waals surface area contributed by atoms with Crippen molar-refractivity contribution in [2.45, 2.75) is 46.2 Å². The minimum absolute atomic E-state index is 0.0597. The van der Waals surface area contributed by atoms with Gasteiger partial charge >= 0.3 is 0 Å². The molecule has 2 rings (SSSR count). The molecule has 28 heavy (non-hydrogen) atoms. The molecule has 0 saturated heterocycles. The lowest BCUT2D eigenvalue weighted by Crippen LogP contribution is -2.36. The number of nitrogens with zero attached hydrogens (tertiary/aromatic N) is 2. The summed E-state index contributed by atoms with van der Waals surface area (Å²) in [5.41, 5.74) is 2.14. The van der Waals surface area contributed by atoms with Crippen molar-refractivity contribution >= 4 is 5.96 Å². The highest BCUT2D eigenvalue weighted by Gasteiger charge is 2.19. The van der Waals surface area contributed by atoms with Crippen LogP contribution < -0.4 is 15.4 Å². The molecule has 7 heteroatoms.